The Morgan fingerprint density at radius 2 is 1.07 bits per heavy atom. The van der Waals surface area contributed by atoms with E-state index >= 15 is 0 Å². The molecule has 0 heterocycles. The van der Waals surface area contributed by atoms with Gasteiger partial charge in [-0.1, -0.05) is 74.9 Å². The van der Waals surface area contributed by atoms with Crippen LogP contribution in [0.5, 0.6) is 0 Å². The molecule has 2 nitrogen and oxygen atoms in total. The van der Waals surface area contributed by atoms with Crippen LogP contribution in [-0.2, 0) is 12.4 Å². The highest BCUT2D eigenvalue weighted by atomic mass is 31.2. The molecule has 0 saturated heterocycles. The lowest BCUT2D eigenvalue weighted by atomic mass is 9.99. The molecule has 0 unspecified atom stereocenters. The molecule has 4 aromatic carbocycles. The van der Waals surface area contributed by atoms with Crippen LogP contribution in [-0.4, -0.2) is 18.1 Å². The first-order chi connectivity index (χ1) is 19.9. The van der Waals surface area contributed by atoms with Crippen LogP contribution in [0, 0.1) is 5.92 Å². The highest BCUT2D eigenvalue weighted by Crippen LogP contribution is 2.56. The highest BCUT2D eigenvalue weighted by Gasteiger charge is 2.48. The Hall–Kier alpha value is -3.64. The topological polar surface area (TPSA) is 29.1 Å². The van der Waals surface area contributed by atoms with Gasteiger partial charge in [-0.05, 0) is 60.5 Å². The van der Waals surface area contributed by atoms with E-state index in [2.05, 4.69) is 5.32 Å². The van der Waals surface area contributed by atoms with Crippen LogP contribution in [0.25, 0.3) is 0 Å². The average molecular weight is 603 g/mol. The van der Waals surface area contributed by atoms with Gasteiger partial charge in [0.05, 0.1) is 23.3 Å². The molecule has 9 heteroatoms. The molecule has 0 aliphatic heterocycles. The summed E-state index contributed by atoms with van der Waals surface area (Å²) in [6.45, 7) is 3.86. The third-order valence-electron chi connectivity index (χ3n) is 7.56. The van der Waals surface area contributed by atoms with Crippen LogP contribution >= 0.6 is 7.26 Å². The first kappa shape index (κ1) is 31.3. The third kappa shape index (κ3) is 6.87. The molecule has 0 saturated carbocycles. The number of halogens is 6. The summed E-state index contributed by atoms with van der Waals surface area (Å²) in [5, 5.41) is 5.99. The van der Waals surface area contributed by atoms with E-state index in [1.54, 1.807) is 0 Å². The number of hydrogen-bond donors (Lipinski definition) is 1. The van der Waals surface area contributed by atoms with Gasteiger partial charge >= 0.3 is 12.4 Å². The van der Waals surface area contributed by atoms with Gasteiger partial charge in [-0.3, -0.25) is 4.79 Å². The van der Waals surface area contributed by atoms with Gasteiger partial charge in [-0.2, -0.15) is 26.3 Å². The lowest BCUT2D eigenvalue weighted by Gasteiger charge is -2.33. The molecular weight excluding hydrogens is 571 g/mol. The SMILES string of the molecule is CC[C@H](C)[C@@H](C[P+](c1ccccc1)(c1ccccc1)c1ccccc1)NC(=O)c1cc(C(F)(F)F)cc(C(F)(F)F)c1. The molecule has 42 heavy (non-hydrogen) atoms. The average Bonchev–Trinajstić information content (AvgIpc) is 2.99. The second kappa shape index (κ2) is 12.7. The molecule has 0 spiro atoms. The van der Waals surface area contributed by atoms with E-state index in [-0.39, 0.29) is 12.0 Å². The fraction of sp³-hybridized carbons (Fsp3) is 0.242. The molecule has 4 aromatic rings. The summed E-state index contributed by atoms with van der Waals surface area (Å²) in [7, 11) is -2.47. The fourth-order valence-electron chi connectivity index (χ4n) is 5.10. The van der Waals surface area contributed by atoms with Gasteiger partial charge < -0.3 is 5.32 Å². The summed E-state index contributed by atoms with van der Waals surface area (Å²) in [6, 6.07) is 30.0. The van der Waals surface area contributed by atoms with Gasteiger partial charge in [-0.15, -0.1) is 0 Å². The summed E-state index contributed by atoms with van der Waals surface area (Å²) in [5.41, 5.74) is -3.74. The molecule has 0 bridgehead atoms. The number of alkyl halides is 6. The van der Waals surface area contributed by atoms with Crippen LogP contribution < -0.4 is 21.2 Å². The maximum Gasteiger partial charge on any atom is 0.416 e. The third-order valence-corrected chi connectivity index (χ3v) is 12.0. The number of carbonyl (C=O) groups excluding carboxylic acids is 1. The van der Waals surface area contributed by atoms with Crippen LogP contribution in [0.1, 0.15) is 41.8 Å². The zero-order chi connectivity index (χ0) is 30.5. The summed E-state index contributed by atoms with van der Waals surface area (Å²) >= 11 is 0. The lowest BCUT2D eigenvalue weighted by molar-refractivity contribution is -0.143. The smallest absolute Gasteiger partial charge is 0.345 e. The van der Waals surface area contributed by atoms with Crippen LogP contribution in [0.3, 0.4) is 0 Å². The molecule has 1 amide bonds. The van der Waals surface area contributed by atoms with E-state index in [9.17, 15) is 31.1 Å². The molecular formula is C33H31F6NOP+. The minimum Gasteiger partial charge on any atom is -0.345 e. The van der Waals surface area contributed by atoms with Crippen LogP contribution in [0.15, 0.2) is 109 Å². The number of benzene rings is 4. The Bertz CT molecular complexity index is 1340. The second-order valence-electron chi connectivity index (χ2n) is 10.3. The van der Waals surface area contributed by atoms with Crippen LogP contribution in [0.2, 0.25) is 0 Å². The molecule has 0 radical (unpaired) electrons. The Labute approximate surface area is 242 Å². The maximum atomic E-state index is 13.5. The predicted molar refractivity (Wildman–Crippen MR) is 157 cm³/mol. The first-order valence-electron chi connectivity index (χ1n) is 13.5. The summed E-state index contributed by atoms with van der Waals surface area (Å²) < 4.78 is 81.2. The zero-order valence-electron chi connectivity index (χ0n) is 23.1. The Balaban J connectivity index is 1.85. The summed E-state index contributed by atoms with van der Waals surface area (Å²) in [6.07, 6.45) is -9.07. The monoisotopic (exact) mass is 602 g/mol. The van der Waals surface area contributed by atoms with Crippen molar-refractivity contribution in [1.29, 1.82) is 0 Å². The van der Waals surface area contributed by atoms with E-state index in [0.717, 1.165) is 15.9 Å². The van der Waals surface area contributed by atoms with E-state index in [1.807, 2.05) is 105 Å². The number of amides is 1. The summed E-state index contributed by atoms with van der Waals surface area (Å²) in [5.74, 6) is -1.12. The van der Waals surface area contributed by atoms with E-state index in [0.29, 0.717) is 24.7 Å². The number of nitrogens with one attached hydrogen (secondary N) is 1. The number of carbonyl (C=O) groups is 1. The van der Waals surface area contributed by atoms with Crippen molar-refractivity contribution < 1.29 is 31.1 Å². The van der Waals surface area contributed by atoms with Crippen molar-refractivity contribution in [2.24, 2.45) is 5.92 Å². The molecule has 220 valence electrons. The van der Waals surface area contributed by atoms with Crippen molar-refractivity contribution in [2.45, 2.75) is 38.7 Å². The summed E-state index contributed by atoms with van der Waals surface area (Å²) in [4.78, 5) is 13.5. The van der Waals surface area contributed by atoms with Gasteiger partial charge in [0, 0.05) is 5.56 Å². The van der Waals surface area contributed by atoms with E-state index in [4.69, 9.17) is 0 Å². The molecule has 0 fully saturated rings. The lowest BCUT2D eigenvalue weighted by Crippen LogP contribution is -2.47. The molecule has 0 aliphatic carbocycles. The largest absolute Gasteiger partial charge is 0.416 e. The number of hydrogen-bond acceptors (Lipinski definition) is 1. The molecule has 0 aromatic heterocycles. The normalized spacial score (nSPS) is 13.8. The first-order valence-corrected chi connectivity index (χ1v) is 15.5. The van der Waals surface area contributed by atoms with Crippen molar-refractivity contribution in [3.63, 3.8) is 0 Å². The van der Waals surface area contributed by atoms with Gasteiger partial charge in [0.1, 0.15) is 23.2 Å². The molecule has 2 atom stereocenters. The minimum atomic E-state index is -5.05. The van der Waals surface area contributed by atoms with Gasteiger partial charge in [0.15, 0.2) is 0 Å². The standard InChI is InChI=1S/C33H30F6NOP/c1-3-23(2)30(40-31(41)24-19-25(32(34,35)36)21-26(20-24)33(37,38)39)22-42(27-13-7-4-8-14-27,28-15-9-5-10-16-28)29-17-11-6-12-18-29/h4-21,23,30H,3,22H2,1-2H3/p+1/t23-,30+/m0/s1. The van der Waals surface area contributed by atoms with Crippen molar-refractivity contribution in [2.75, 3.05) is 6.16 Å². The second-order valence-corrected chi connectivity index (χ2v) is 13.8. The Kier molecular flexibility index (Phi) is 9.47. The minimum absolute atomic E-state index is 0.0275. The van der Waals surface area contributed by atoms with Gasteiger partial charge in [0.25, 0.3) is 5.91 Å². The highest BCUT2D eigenvalue weighted by molar-refractivity contribution is 7.95. The maximum absolute atomic E-state index is 13.5. The molecule has 4 rings (SSSR count). The van der Waals surface area contributed by atoms with Crippen molar-refractivity contribution in [3.05, 3.63) is 126 Å². The zero-order valence-corrected chi connectivity index (χ0v) is 24.0. The predicted octanol–water partition coefficient (Wildman–Crippen LogP) is 7.86. The van der Waals surface area contributed by atoms with Gasteiger partial charge in [-0.25, -0.2) is 0 Å². The van der Waals surface area contributed by atoms with E-state index in [1.165, 1.54) is 0 Å². The van der Waals surface area contributed by atoms with Gasteiger partial charge in [0.2, 0.25) is 0 Å². The quantitative estimate of drug-likeness (QED) is 0.153. The van der Waals surface area contributed by atoms with Crippen molar-refractivity contribution in [1.82, 2.24) is 5.32 Å². The molecule has 0 aliphatic rings. The van der Waals surface area contributed by atoms with Crippen LogP contribution in [0.4, 0.5) is 26.3 Å². The Morgan fingerprint density at radius 1 is 0.690 bits per heavy atom. The Morgan fingerprint density at radius 3 is 1.40 bits per heavy atom. The van der Waals surface area contributed by atoms with Crippen molar-refractivity contribution >= 4 is 29.1 Å². The molecule has 1 N–H and O–H groups in total. The van der Waals surface area contributed by atoms with Crippen molar-refractivity contribution in [3.8, 4) is 0 Å². The number of rotatable bonds is 9. The fourth-order valence-corrected chi connectivity index (χ4v) is 9.71. The van der Waals surface area contributed by atoms with E-state index < -0.39 is 48.3 Å².